The molecule has 5 heteroatoms. The number of benzene rings is 1. The van der Waals surface area contributed by atoms with Gasteiger partial charge in [-0.3, -0.25) is 0 Å². The molecule has 1 aliphatic heterocycles. The average molecular weight is 275 g/mol. The molecule has 2 aromatic rings. The van der Waals surface area contributed by atoms with Crippen molar-refractivity contribution in [2.45, 2.75) is 31.9 Å². The first-order chi connectivity index (χ1) is 9.15. The van der Waals surface area contributed by atoms with Crippen LogP contribution in [0.5, 0.6) is 0 Å². The minimum absolute atomic E-state index is 0.379. The summed E-state index contributed by atoms with van der Waals surface area (Å²) in [7, 11) is 0. The zero-order valence-electron chi connectivity index (χ0n) is 11.1. The molecule has 0 aliphatic carbocycles. The third kappa shape index (κ3) is 2.34. The molecule has 19 heavy (non-hydrogen) atoms. The van der Waals surface area contributed by atoms with Gasteiger partial charge >= 0.3 is 0 Å². The van der Waals surface area contributed by atoms with E-state index in [-0.39, 0.29) is 0 Å². The van der Waals surface area contributed by atoms with Crippen LogP contribution in [-0.2, 0) is 0 Å². The maximum absolute atomic E-state index is 6.11. The fraction of sp³-hybridized carbons (Fsp3) is 0.429. The van der Waals surface area contributed by atoms with E-state index in [0.717, 1.165) is 34.6 Å². The summed E-state index contributed by atoms with van der Waals surface area (Å²) in [5, 5.41) is 4.49. The molecule has 2 N–H and O–H groups in total. The third-order valence-electron chi connectivity index (χ3n) is 3.42. The molecule has 0 radical (unpaired) electrons. The molecule has 1 aromatic heterocycles. The molecular weight excluding hydrogens is 258 g/mol. The predicted molar refractivity (Wildman–Crippen MR) is 78.1 cm³/mol. The average Bonchev–Trinajstić information content (AvgIpc) is 3.03. The van der Waals surface area contributed by atoms with Gasteiger partial charge in [-0.15, -0.1) is 0 Å². The van der Waals surface area contributed by atoms with E-state index in [2.05, 4.69) is 16.2 Å². The topological polar surface area (TPSA) is 64.9 Å². The Bertz CT molecular complexity index is 603. The Kier molecular flexibility index (Phi) is 3.22. The predicted octanol–water partition coefficient (Wildman–Crippen LogP) is 3.50. The second-order valence-corrected chi connectivity index (χ2v) is 6.31. The van der Waals surface area contributed by atoms with Crippen molar-refractivity contribution in [2.24, 2.45) is 0 Å². The van der Waals surface area contributed by atoms with Gasteiger partial charge in [0.25, 0.3) is 5.89 Å². The lowest BCUT2D eigenvalue weighted by molar-refractivity contribution is 0.421. The number of hydrogen-bond donors (Lipinski definition) is 1. The van der Waals surface area contributed by atoms with Gasteiger partial charge in [-0.1, -0.05) is 11.2 Å². The number of anilines is 1. The molecule has 1 aliphatic rings. The van der Waals surface area contributed by atoms with Crippen LogP contribution in [-0.4, -0.2) is 15.9 Å². The largest absolute Gasteiger partial charge is 0.398 e. The number of hydrogen-bond acceptors (Lipinski definition) is 5. The number of aromatic nitrogens is 2. The van der Waals surface area contributed by atoms with E-state index in [0.29, 0.717) is 11.1 Å². The lowest BCUT2D eigenvalue weighted by Gasteiger charge is -2.06. The van der Waals surface area contributed by atoms with Gasteiger partial charge in [-0.05, 0) is 49.6 Å². The van der Waals surface area contributed by atoms with Crippen LogP contribution in [0.15, 0.2) is 16.7 Å². The van der Waals surface area contributed by atoms with Gasteiger partial charge in [0.1, 0.15) is 0 Å². The van der Waals surface area contributed by atoms with E-state index in [1.54, 1.807) is 0 Å². The third-order valence-corrected chi connectivity index (χ3v) is 4.79. The number of nitrogens with two attached hydrogens (primary N) is 1. The van der Waals surface area contributed by atoms with Crippen molar-refractivity contribution < 1.29 is 4.52 Å². The molecule has 1 unspecified atom stereocenters. The van der Waals surface area contributed by atoms with Crippen molar-refractivity contribution in [3.8, 4) is 11.5 Å². The molecular formula is C14H17N3OS. The highest BCUT2D eigenvalue weighted by Crippen LogP contribution is 2.39. The van der Waals surface area contributed by atoms with Crippen LogP contribution in [0.1, 0.15) is 35.0 Å². The monoisotopic (exact) mass is 275 g/mol. The summed E-state index contributed by atoms with van der Waals surface area (Å²) in [4.78, 5) is 4.53. The summed E-state index contributed by atoms with van der Waals surface area (Å²) in [6.07, 6.45) is 2.36. The Labute approximate surface area is 116 Å². The second-order valence-electron chi connectivity index (χ2n) is 5.00. The smallest absolute Gasteiger partial charge is 0.260 e. The summed E-state index contributed by atoms with van der Waals surface area (Å²) in [6, 6.07) is 4.06. The van der Waals surface area contributed by atoms with Crippen LogP contribution in [0, 0.1) is 13.8 Å². The van der Waals surface area contributed by atoms with Gasteiger partial charge in [0.05, 0.1) is 10.8 Å². The highest BCUT2D eigenvalue weighted by atomic mass is 32.2. The van der Waals surface area contributed by atoms with Crippen LogP contribution < -0.4 is 5.73 Å². The lowest BCUT2D eigenvalue weighted by Crippen LogP contribution is -1.96. The van der Waals surface area contributed by atoms with Gasteiger partial charge in [0, 0.05) is 5.69 Å². The van der Waals surface area contributed by atoms with E-state index in [9.17, 15) is 0 Å². The van der Waals surface area contributed by atoms with Crippen LogP contribution in [0.3, 0.4) is 0 Å². The Balaban J connectivity index is 1.98. The highest BCUT2D eigenvalue weighted by molar-refractivity contribution is 7.99. The van der Waals surface area contributed by atoms with Gasteiger partial charge in [-0.25, -0.2) is 0 Å². The molecule has 1 saturated heterocycles. The summed E-state index contributed by atoms with van der Waals surface area (Å²) in [5.41, 5.74) is 9.88. The summed E-state index contributed by atoms with van der Waals surface area (Å²) < 4.78 is 5.40. The quantitative estimate of drug-likeness (QED) is 0.850. The van der Waals surface area contributed by atoms with Crippen molar-refractivity contribution in [3.05, 3.63) is 29.1 Å². The zero-order chi connectivity index (χ0) is 13.4. The maximum atomic E-state index is 6.11. The molecule has 0 spiro atoms. The van der Waals surface area contributed by atoms with Crippen molar-refractivity contribution in [1.82, 2.24) is 10.1 Å². The van der Waals surface area contributed by atoms with E-state index in [1.807, 2.05) is 31.7 Å². The zero-order valence-corrected chi connectivity index (χ0v) is 12.0. The van der Waals surface area contributed by atoms with E-state index < -0.39 is 0 Å². The molecule has 3 rings (SSSR count). The second kappa shape index (κ2) is 4.89. The number of nitrogens with zero attached hydrogens (tertiary/aromatic N) is 2. The van der Waals surface area contributed by atoms with Gasteiger partial charge in [0.2, 0.25) is 0 Å². The first kappa shape index (κ1) is 12.5. The van der Waals surface area contributed by atoms with Crippen LogP contribution in [0.25, 0.3) is 11.5 Å². The minimum atomic E-state index is 0.379. The summed E-state index contributed by atoms with van der Waals surface area (Å²) >= 11 is 1.90. The molecule has 2 heterocycles. The Morgan fingerprint density at radius 1 is 1.37 bits per heavy atom. The van der Waals surface area contributed by atoms with Crippen LogP contribution in [0.4, 0.5) is 5.69 Å². The molecule has 0 amide bonds. The van der Waals surface area contributed by atoms with E-state index >= 15 is 0 Å². The molecule has 1 atom stereocenters. The number of thioether (sulfide) groups is 1. The molecule has 0 bridgehead atoms. The summed E-state index contributed by atoms with van der Waals surface area (Å²) in [5.74, 6) is 2.52. The first-order valence-electron chi connectivity index (χ1n) is 6.47. The first-order valence-corrected chi connectivity index (χ1v) is 7.52. The molecule has 0 saturated carbocycles. The SMILES string of the molecule is Cc1cc(C)c(N)c(-c2nc(C3CCCS3)no2)c1. The molecule has 1 fully saturated rings. The molecule has 1 aromatic carbocycles. The highest BCUT2D eigenvalue weighted by Gasteiger charge is 2.24. The standard InChI is InChI=1S/C14H17N3OS/c1-8-6-9(2)12(15)10(7-8)14-16-13(17-18-14)11-4-3-5-19-11/h6-7,11H,3-5,15H2,1-2H3. The van der Waals surface area contributed by atoms with Crippen LogP contribution >= 0.6 is 11.8 Å². The molecule has 100 valence electrons. The fourth-order valence-electron chi connectivity index (χ4n) is 2.41. The maximum Gasteiger partial charge on any atom is 0.260 e. The fourth-order valence-corrected chi connectivity index (χ4v) is 3.61. The van der Waals surface area contributed by atoms with Crippen molar-refractivity contribution in [3.63, 3.8) is 0 Å². The normalized spacial score (nSPS) is 18.9. The van der Waals surface area contributed by atoms with E-state index in [1.165, 1.54) is 12.2 Å². The number of nitrogen functional groups attached to an aromatic ring is 1. The van der Waals surface area contributed by atoms with Gasteiger partial charge in [0.15, 0.2) is 5.82 Å². The van der Waals surface area contributed by atoms with E-state index in [4.69, 9.17) is 10.3 Å². The Hall–Kier alpha value is -1.49. The Morgan fingerprint density at radius 3 is 2.95 bits per heavy atom. The van der Waals surface area contributed by atoms with Crippen LogP contribution in [0.2, 0.25) is 0 Å². The van der Waals surface area contributed by atoms with Crippen molar-refractivity contribution in [2.75, 3.05) is 11.5 Å². The summed E-state index contributed by atoms with van der Waals surface area (Å²) in [6.45, 7) is 4.04. The minimum Gasteiger partial charge on any atom is -0.398 e. The molecule has 4 nitrogen and oxygen atoms in total. The van der Waals surface area contributed by atoms with Crippen molar-refractivity contribution in [1.29, 1.82) is 0 Å². The van der Waals surface area contributed by atoms with Gasteiger partial charge < -0.3 is 10.3 Å². The van der Waals surface area contributed by atoms with Gasteiger partial charge in [-0.2, -0.15) is 16.7 Å². The van der Waals surface area contributed by atoms with Crippen molar-refractivity contribution >= 4 is 17.4 Å². The number of rotatable bonds is 2. The number of aryl methyl sites for hydroxylation is 2. The lowest BCUT2D eigenvalue weighted by atomic mass is 10.0. The Morgan fingerprint density at radius 2 is 2.21 bits per heavy atom.